The molecule has 1 atom stereocenters. The number of ether oxygens (including phenoxy) is 2. The van der Waals surface area contributed by atoms with Gasteiger partial charge in [0.1, 0.15) is 16.4 Å². The molecule has 5 rings (SSSR count). The number of benzene rings is 2. The summed E-state index contributed by atoms with van der Waals surface area (Å²) in [4.78, 5) is 32.3. The number of likely N-dealkylation sites (tertiary alicyclic amines) is 1. The molecule has 1 amide bonds. The van der Waals surface area contributed by atoms with Crippen LogP contribution >= 0.6 is 11.6 Å². The van der Waals surface area contributed by atoms with Gasteiger partial charge in [0.15, 0.2) is 11.6 Å². The highest BCUT2D eigenvalue weighted by Crippen LogP contribution is 2.50. The molecule has 1 spiro atoms. The minimum absolute atomic E-state index is 0.0119. The molecule has 0 bridgehead atoms. The molecule has 202 valence electrons. The summed E-state index contributed by atoms with van der Waals surface area (Å²) in [6.45, 7) is 6.90. The lowest BCUT2D eigenvalue weighted by Crippen LogP contribution is -2.44. The average Bonchev–Trinajstić information content (AvgIpc) is 3.27. The maximum Gasteiger partial charge on any atom is 0.410 e. The van der Waals surface area contributed by atoms with Gasteiger partial charge < -0.3 is 20.1 Å². The van der Waals surface area contributed by atoms with E-state index in [9.17, 15) is 14.0 Å². The molecule has 1 saturated carbocycles. The number of amides is 1. The zero-order valence-electron chi connectivity index (χ0n) is 21.8. The highest BCUT2D eigenvalue weighted by Gasteiger charge is 2.43. The van der Waals surface area contributed by atoms with Crippen molar-refractivity contribution >= 4 is 34.3 Å². The van der Waals surface area contributed by atoms with Gasteiger partial charge in [0.05, 0.1) is 22.9 Å². The van der Waals surface area contributed by atoms with Crippen molar-refractivity contribution in [1.29, 1.82) is 0 Å². The van der Waals surface area contributed by atoms with Crippen molar-refractivity contribution in [3.05, 3.63) is 57.9 Å². The number of fused-ring (bicyclic) bond motifs is 1. The summed E-state index contributed by atoms with van der Waals surface area (Å²) in [6, 6.07) is 7.39. The van der Waals surface area contributed by atoms with Crippen molar-refractivity contribution in [2.45, 2.75) is 64.5 Å². The Balaban J connectivity index is 1.33. The molecule has 1 saturated heterocycles. The van der Waals surface area contributed by atoms with Crippen molar-refractivity contribution < 1.29 is 18.7 Å². The largest absolute Gasteiger partial charge is 0.453 e. The minimum atomic E-state index is -0.651. The molecule has 2 aliphatic rings. The van der Waals surface area contributed by atoms with Crippen molar-refractivity contribution in [1.82, 2.24) is 14.5 Å². The number of hydrogen-bond donors (Lipinski definition) is 1. The number of carbonyl (C=O) groups excluding carboxylic acids is 1. The molecule has 2 N–H and O–H groups in total. The maximum atomic E-state index is 14.3. The molecule has 10 heteroatoms. The van der Waals surface area contributed by atoms with Crippen LogP contribution in [0.1, 0.15) is 58.9 Å². The van der Waals surface area contributed by atoms with Gasteiger partial charge in [-0.2, -0.15) is 0 Å². The number of nitrogen functional groups attached to an aromatic ring is 1. The summed E-state index contributed by atoms with van der Waals surface area (Å²) in [6.07, 6.45) is 5.79. The van der Waals surface area contributed by atoms with E-state index in [-0.39, 0.29) is 45.3 Å². The lowest BCUT2D eigenvalue weighted by Gasteiger charge is -2.40. The number of halogens is 2. The van der Waals surface area contributed by atoms with Crippen molar-refractivity contribution in [2.75, 3.05) is 18.8 Å². The summed E-state index contributed by atoms with van der Waals surface area (Å²) >= 11 is 6.14. The fourth-order valence-corrected chi connectivity index (χ4v) is 5.75. The predicted octanol–water partition coefficient (Wildman–Crippen LogP) is 6.31. The quantitative estimate of drug-likeness (QED) is 0.389. The molecule has 3 aromatic rings. The first-order chi connectivity index (χ1) is 17.9. The summed E-state index contributed by atoms with van der Waals surface area (Å²) in [5.41, 5.74) is 5.90. The smallest absolute Gasteiger partial charge is 0.410 e. The van der Waals surface area contributed by atoms with E-state index in [4.69, 9.17) is 26.8 Å². The standard InChI is InChI=1S/C28H32ClFN4O4/c1-27(2,3)38-26(36)33-12-10-28(11-13-33)9-8-17(15-28)34-16-32-22-7-4-18(14-19(22)25(34)35)37-24-20(30)5-6-21(31)23(24)29/h4-7,14,16-17H,8-13,15,31H2,1-3H3/t17-/m0/s1. The van der Waals surface area contributed by atoms with Crippen LogP contribution in [-0.2, 0) is 4.74 Å². The molecule has 2 fully saturated rings. The minimum Gasteiger partial charge on any atom is -0.453 e. The number of rotatable bonds is 3. The van der Waals surface area contributed by atoms with E-state index in [2.05, 4.69) is 4.98 Å². The first kappa shape index (κ1) is 26.3. The fraction of sp³-hybridized carbons (Fsp3) is 0.464. The van der Waals surface area contributed by atoms with Gasteiger partial charge in [-0.05, 0) is 88.6 Å². The van der Waals surface area contributed by atoms with E-state index in [1.54, 1.807) is 34.0 Å². The Labute approximate surface area is 225 Å². The zero-order valence-corrected chi connectivity index (χ0v) is 22.6. The van der Waals surface area contributed by atoms with Crippen LogP contribution in [0.15, 0.2) is 41.5 Å². The monoisotopic (exact) mass is 542 g/mol. The Morgan fingerprint density at radius 3 is 2.63 bits per heavy atom. The molecule has 0 radical (unpaired) electrons. The zero-order chi connectivity index (χ0) is 27.2. The van der Waals surface area contributed by atoms with Crippen molar-refractivity contribution in [2.24, 2.45) is 5.41 Å². The second-order valence-electron chi connectivity index (χ2n) is 11.4. The van der Waals surface area contributed by atoms with Crippen LogP contribution < -0.4 is 16.0 Å². The van der Waals surface area contributed by atoms with Gasteiger partial charge in [-0.3, -0.25) is 9.36 Å². The van der Waals surface area contributed by atoms with Gasteiger partial charge in [0.25, 0.3) is 5.56 Å². The van der Waals surface area contributed by atoms with Gasteiger partial charge >= 0.3 is 6.09 Å². The summed E-state index contributed by atoms with van der Waals surface area (Å²) < 4.78 is 27.2. The van der Waals surface area contributed by atoms with Crippen molar-refractivity contribution in [3.8, 4) is 11.5 Å². The molecule has 38 heavy (non-hydrogen) atoms. The second kappa shape index (κ2) is 9.76. The number of nitrogens with two attached hydrogens (primary N) is 1. The summed E-state index contributed by atoms with van der Waals surface area (Å²) in [5, 5.41) is 0.355. The summed E-state index contributed by atoms with van der Waals surface area (Å²) in [7, 11) is 0. The molecule has 2 aromatic carbocycles. The van der Waals surface area contributed by atoms with E-state index >= 15 is 0 Å². The van der Waals surface area contributed by atoms with Gasteiger partial charge in [0.2, 0.25) is 0 Å². The number of aromatic nitrogens is 2. The van der Waals surface area contributed by atoms with Crippen LogP contribution in [0.5, 0.6) is 11.5 Å². The number of hydrogen-bond acceptors (Lipinski definition) is 6. The highest BCUT2D eigenvalue weighted by atomic mass is 35.5. The first-order valence-electron chi connectivity index (χ1n) is 12.8. The third-order valence-corrected chi connectivity index (χ3v) is 7.99. The molecular weight excluding hydrogens is 511 g/mol. The lowest BCUT2D eigenvalue weighted by molar-refractivity contribution is 0.0103. The lowest BCUT2D eigenvalue weighted by atomic mass is 9.77. The molecule has 2 heterocycles. The van der Waals surface area contributed by atoms with E-state index in [1.807, 2.05) is 20.8 Å². The molecule has 1 aromatic heterocycles. The normalized spacial score (nSPS) is 19.2. The summed E-state index contributed by atoms with van der Waals surface area (Å²) in [5.74, 6) is -0.578. The predicted molar refractivity (Wildman–Crippen MR) is 144 cm³/mol. The Morgan fingerprint density at radius 1 is 1.18 bits per heavy atom. The van der Waals surface area contributed by atoms with Crippen LogP contribution in [0.4, 0.5) is 14.9 Å². The Morgan fingerprint density at radius 2 is 1.92 bits per heavy atom. The van der Waals surface area contributed by atoms with E-state index in [0.717, 1.165) is 32.1 Å². The number of carbonyl (C=O) groups is 1. The third-order valence-electron chi connectivity index (χ3n) is 7.60. The van der Waals surface area contributed by atoms with E-state index in [0.29, 0.717) is 24.0 Å². The SMILES string of the molecule is CC(C)(C)OC(=O)N1CCC2(CC[C@H](n3cnc4ccc(Oc5c(F)ccc(N)c5Cl)cc4c3=O)C2)CC1. The van der Waals surface area contributed by atoms with E-state index < -0.39 is 11.4 Å². The van der Waals surface area contributed by atoms with Crippen LogP contribution in [0.25, 0.3) is 10.9 Å². The molecule has 8 nitrogen and oxygen atoms in total. The molecular formula is C28H32ClFN4O4. The Kier molecular flexibility index (Phi) is 6.75. The number of anilines is 1. The van der Waals surface area contributed by atoms with Gasteiger partial charge in [-0.25, -0.2) is 14.2 Å². The number of piperidine rings is 1. The average molecular weight is 543 g/mol. The third kappa shape index (κ3) is 5.16. The topological polar surface area (TPSA) is 99.7 Å². The first-order valence-corrected chi connectivity index (χ1v) is 13.2. The molecule has 1 aliphatic heterocycles. The van der Waals surface area contributed by atoms with Crippen LogP contribution in [0, 0.1) is 11.2 Å². The van der Waals surface area contributed by atoms with Crippen molar-refractivity contribution in [3.63, 3.8) is 0 Å². The van der Waals surface area contributed by atoms with Crippen LogP contribution in [-0.4, -0.2) is 39.2 Å². The van der Waals surface area contributed by atoms with Gasteiger partial charge in [-0.1, -0.05) is 11.6 Å². The number of nitrogens with zero attached hydrogens (tertiary/aromatic N) is 3. The van der Waals surface area contributed by atoms with E-state index in [1.165, 1.54) is 12.1 Å². The van der Waals surface area contributed by atoms with Gasteiger partial charge in [0, 0.05) is 19.1 Å². The fourth-order valence-electron chi connectivity index (χ4n) is 5.56. The van der Waals surface area contributed by atoms with Crippen LogP contribution in [0.2, 0.25) is 5.02 Å². The second-order valence-corrected chi connectivity index (χ2v) is 11.8. The highest BCUT2D eigenvalue weighted by molar-refractivity contribution is 6.34. The Hall–Kier alpha value is -3.33. The van der Waals surface area contributed by atoms with Gasteiger partial charge in [-0.15, -0.1) is 0 Å². The molecule has 1 aliphatic carbocycles. The molecule has 0 unspecified atom stereocenters. The maximum absolute atomic E-state index is 14.3. The van der Waals surface area contributed by atoms with Crippen LogP contribution in [0.3, 0.4) is 0 Å². The Bertz CT molecular complexity index is 1440.